The minimum absolute atomic E-state index is 0.0846. The van der Waals surface area contributed by atoms with Crippen molar-refractivity contribution in [2.45, 2.75) is 38.6 Å². The maximum atomic E-state index is 9.94. The number of phenolic OH excluding ortho intramolecular Hbond substituents is 1. The van der Waals surface area contributed by atoms with E-state index in [0.717, 1.165) is 12.1 Å². The van der Waals surface area contributed by atoms with Gasteiger partial charge in [-0.2, -0.15) is 0 Å². The fourth-order valence-electron chi connectivity index (χ4n) is 2.92. The molecule has 0 amide bonds. The average Bonchev–Trinajstić information content (AvgIpc) is 2.43. The summed E-state index contributed by atoms with van der Waals surface area (Å²) in [5.41, 5.74) is 1.16. The van der Waals surface area contributed by atoms with Gasteiger partial charge >= 0.3 is 0 Å². The van der Waals surface area contributed by atoms with E-state index < -0.39 is 0 Å². The number of nitrogens with one attached hydrogen (secondary N) is 1. The first-order valence-corrected chi connectivity index (χ1v) is 7.52. The fraction of sp³-hybridized carbons (Fsp3) is 0.625. The van der Waals surface area contributed by atoms with Crippen LogP contribution >= 0.6 is 0 Å². The first-order valence-electron chi connectivity index (χ1n) is 7.52. The Balaban J connectivity index is 2.11. The second-order valence-corrected chi connectivity index (χ2v) is 5.54. The first-order chi connectivity index (χ1) is 9.74. The van der Waals surface area contributed by atoms with Crippen molar-refractivity contribution in [1.82, 2.24) is 0 Å². The zero-order valence-corrected chi connectivity index (χ0v) is 12.6. The summed E-state index contributed by atoms with van der Waals surface area (Å²) >= 11 is 0. The molecule has 0 atom stereocenters. The van der Waals surface area contributed by atoms with Crippen LogP contribution in [0.4, 0.5) is 0 Å². The lowest BCUT2D eigenvalue weighted by Gasteiger charge is -2.22. The highest BCUT2D eigenvalue weighted by atomic mass is 16.5. The summed E-state index contributed by atoms with van der Waals surface area (Å²) in [4.78, 5) is 1.61. The van der Waals surface area contributed by atoms with Gasteiger partial charge in [-0.25, -0.2) is 0 Å². The number of likely N-dealkylation sites (tertiary alicyclic amines) is 1. The average molecular weight is 280 g/mol. The first kappa shape index (κ1) is 15.0. The molecule has 1 aromatic rings. The minimum atomic E-state index is 0.0846. The second-order valence-electron chi connectivity index (χ2n) is 5.54. The van der Waals surface area contributed by atoms with Crippen LogP contribution in [0.15, 0.2) is 12.1 Å². The molecule has 0 spiro atoms. The Morgan fingerprint density at radius 3 is 1.95 bits per heavy atom. The van der Waals surface area contributed by atoms with Gasteiger partial charge in [0.25, 0.3) is 0 Å². The van der Waals surface area contributed by atoms with Crippen LogP contribution in [0.3, 0.4) is 0 Å². The number of benzene rings is 1. The topological polar surface area (TPSA) is 43.1 Å². The number of rotatable bonds is 4. The number of hydrogen-bond donors (Lipinski definition) is 2. The van der Waals surface area contributed by atoms with Crippen molar-refractivity contribution in [3.63, 3.8) is 0 Å². The lowest BCUT2D eigenvalue weighted by atomic mass is 10.1. The molecule has 2 N–H and O–H groups in total. The van der Waals surface area contributed by atoms with Crippen LogP contribution in [0.5, 0.6) is 17.2 Å². The Morgan fingerprint density at radius 2 is 1.45 bits per heavy atom. The molecule has 0 aliphatic carbocycles. The molecule has 0 bridgehead atoms. The molecular weight excluding hydrogens is 254 g/mol. The molecule has 0 aromatic heterocycles. The Kier molecular flexibility index (Phi) is 5.53. The number of hydrogen-bond acceptors (Lipinski definition) is 3. The Hall–Kier alpha value is -1.42. The van der Waals surface area contributed by atoms with Gasteiger partial charge in [-0.15, -0.1) is 0 Å². The Morgan fingerprint density at radius 1 is 0.950 bits per heavy atom. The van der Waals surface area contributed by atoms with E-state index in [1.165, 1.54) is 45.2 Å². The van der Waals surface area contributed by atoms with Crippen molar-refractivity contribution >= 4 is 0 Å². The molecule has 0 saturated carbocycles. The van der Waals surface area contributed by atoms with E-state index in [0.29, 0.717) is 11.5 Å². The third kappa shape index (κ3) is 3.79. The molecule has 1 aromatic carbocycles. The van der Waals surface area contributed by atoms with E-state index in [9.17, 15) is 5.11 Å². The van der Waals surface area contributed by atoms with Crippen molar-refractivity contribution in [3.8, 4) is 17.2 Å². The smallest absolute Gasteiger partial charge is 0.200 e. The summed E-state index contributed by atoms with van der Waals surface area (Å²) in [5.74, 6) is 1.07. The van der Waals surface area contributed by atoms with E-state index >= 15 is 0 Å². The molecule has 1 aliphatic rings. The lowest BCUT2D eigenvalue weighted by Crippen LogP contribution is -3.10. The van der Waals surface area contributed by atoms with Gasteiger partial charge in [0, 0.05) is 5.56 Å². The van der Waals surface area contributed by atoms with Crippen LogP contribution in [0.1, 0.15) is 37.7 Å². The van der Waals surface area contributed by atoms with Gasteiger partial charge in [0.2, 0.25) is 5.75 Å². The molecule has 1 aliphatic heterocycles. The maximum absolute atomic E-state index is 9.94. The number of quaternary nitrogens is 1. The normalized spacial score (nSPS) is 17.3. The number of aromatic hydroxyl groups is 1. The molecule has 2 rings (SSSR count). The van der Waals surface area contributed by atoms with E-state index in [-0.39, 0.29) is 5.75 Å². The van der Waals surface area contributed by atoms with Gasteiger partial charge in [-0.3, -0.25) is 0 Å². The van der Waals surface area contributed by atoms with Gasteiger partial charge in [0.15, 0.2) is 11.5 Å². The summed E-state index contributed by atoms with van der Waals surface area (Å²) in [5, 5.41) is 9.94. The molecular formula is C16H26NO3+. The van der Waals surface area contributed by atoms with Crippen LogP contribution in [0.2, 0.25) is 0 Å². The quantitative estimate of drug-likeness (QED) is 0.883. The van der Waals surface area contributed by atoms with Crippen molar-refractivity contribution in [2.24, 2.45) is 0 Å². The van der Waals surface area contributed by atoms with E-state index in [1.807, 2.05) is 12.1 Å². The van der Waals surface area contributed by atoms with Crippen molar-refractivity contribution in [1.29, 1.82) is 0 Å². The van der Waals surface area contributed by atoms with Gasteiger partial charge in [0.05, 0.1) is 27.3 Å². The highest BCUT2D eigenvalue weighted by Gasteiger charge is 2.16. The zero-order valence-electron chi connectivity index (χ0n) is 12.6. The molecule has 4 heteroatoms. The van der Waals surface area contributed by atoms with Gasteiger partial charge in [-0.1, -0.05) is 6.42 Å². The number of methoxy groups -OCH3 is 2. The fourth-order valence-corrected chi connectivity index (χ4v) is 2.92. The minimum Gasteiger partial charge on any atom is -0.502 e. The van der Waals surface area contributed by atoms with Gasteiger partial charge < -0.3 is 19.5 Å². The Bertz CT molecular complexity index is 401. The lowest BCUT2D eigenvalue weighted by molar-refractivity contribution is -0.914. The van der Waals surface area contributed by atoms with Crippen LogP contribution in [-0.2, 0) is 6.54 Å². The molecule has 1 fully saturated rings. The van der Waals surface area contributed by atoms with E-state index in [4.69, 9.17) is 9.47 Å². The maximum Gasteiger partial charge on any atom is 0.200 e. The summed E-state index contributed by atoms with van der Waals surface area (Å²) in [6.07, 6.45) is 6.70. The zero-order chi connectivity index (χ0) is 14.4. The van der Waals surface area contributed by atoms with Crippen molar-refractivity contribution in [3.05, 3.63) is 17.7 Å². The predicted octanol–water partition coefficient (Wildman–Crippen LogP) is 1.76. The van der Waals surface area contributed by atoms with E-state index in [2.05, 4.69) is 0 Å². The summed E-state index contributed by atoms with van der Waals surface area (Å²) in [6, 6.07) is 3.84. The summed E-state index contributed by atoms with van der Waals surface area (Å²) < 4.78 is 10.4. The third-order valence-corrected chi connectivity index (χ3v) is 4.05. The number of phenols is 1. The molecule has 20 heavy (non-hydrogen) atoms. The van der Waals surface area contributed by atoms with Crippen molar-refractivity contribution in [2.75, 3.05) is 27.3 Å². The third-order valence-electron chi connectivity index (χ3n) is 4.05. The SMILES string of the molecule is COc1cc(C[NH+]2CCCCCCC2)cc(OC)c1O. The molecule has 112 valence electrons. The highest BCUT2D eigenvalue weighted by Crippen LogP contribution is 2.36. The predicted molar refractivity (Wildman–Crippen MR) is 78.7 cm³/mol. The van der Waals surface area contributed by atoms with Gasteiger partial charge in [-0.05, 0) is 37.8 Å². The monoisotopic (exact) mass is 280 g/mol. The second kappa shape index (κ2) is 7.39. The largest absolute Gasteiger partial charge is 0.502 e. The van der Waals surface area contributed by atoms with Crippen LogP contribution in [0, 0.1) is 0 Å². The molecule has 1 heterocycles. The molecule has 0 radical (unpaired) electrons. The van der Waals surface area contributed by atoms with Gasteiger partial charge in [0.1, 0.15) is 6.54 Å². The summed E-state index contributed by atoms with van der Waals surface area (Å²) in [6.45, 7) is 3.42. The van der Waals surface area contributed by atoms with Crippen LogP contribution < -0.4 is 14.4 Å². The highest BCUT2D eigenvalue weighted by molar-refractivity contribution is 5.52. The van der Waals surface area contributed by atoms with Crippen LogP contribution in [0.25, 0.3) is 0 Å². The van der Waals surface area contributed by atoms with E-state index in [1.54, 1.807) is 19.1 Å². The van der Waals surface area contributed by atoms with Crippen molar-refractivity contribution < 1.29 is 19.5 Å². The standard InChI is InChI=1S/C16H25NO3/c1-19-14-10-13(11-15(20-2)16(14)18)12-17-8-6-4-3-5-7-9-17/h10-11,18H,3-9,12H2,1-2H3/p+1. The molecule has 0 unspecified atom stereocenters. The Labute approximate surface area is 121 Å². The number of ether oxygens (including phenoxy) is 2. The summed E-state index contributed by atoms with van der Waals surface area (Å²) in [7, 11) is 3.14. The molecule has 4 nitrogen and oxygen atoms in total. The van der Waals surface area contributed by atoms with Crippen LogP contribution in [-0.4, -0.2) is 32.4 Å². The molecule has 1 saturated heterocycles.